The largest absolute Gasteiger partial charge is 0.307 e. The van der Waals surface area contributed by atoms with Crippen molar-refractivity contribution in [1.82, 2.24) is 9.62 Å². The Kier molecular flexibility index (Phi) is 4.85. The molecule has 0 bridgehead atoms. The average molecular weight is 322 g/mol. The highest BCUT2D eigenvalue weighted by Gasteiger charge is 2.27. The minimum absolute atomic E-state index is 0.425. The zero-order valence-electron chi connectivity index (χ0n) is 13.3. The number of sulfonamides is 1. The van der Waals surface area contributed by atoms with Gasteiger partial charge in [0.15, 0.2) is 0 Å². The van der Waals surface area contributed by atoms with Gasteiger partial charge in [-0.15, -0.1) is 0 Å². The van der Waals surface area contributed by atoms with Gasteiger partial charge >= 0.3 is 0 Å². The SMILES string of the molecule is CS(=O)(=O)N1CCC(N[C@H]2CCCCc3ccccc32)CC1. The molecule has 1 heterocycles. The molecule has 0 spiro atoms. The first-order valence-corrected chi connectivity index (χ1v) is 10.2. The van der Waals surface area contributed by atoms with Gasteiger partial charge in [-0.25, -0.2) is 12.7 Å². The van der Waals surface area contributed by atoms with E-state index in [1.165, 1.54) is 43.1 Å². The molecule has 0 amide bonds. The van der Waals surface area contributed by atoms with Gasteiger partial charge in [0.1, 0.15) is 0 Å². The average Bonchev–Trinajstić information content (AvgIpc) is 2.70. The van der Waals surface area contributed by atoms with E-state index in [-0.39, 0.29) is 0 Å². The summed E-state index contributed by atoms with van der Waals surface area (Å²) in [4.78, 5) is 0. The number of benzene rings is 1. The molecule has 22 heavy (non-hydrogen) atoms. The Bertz CT molecular complexity index is 607. The summed E-state index contributed by atoms with van der Waals surface area (Å²) in [5.41, 5.74) is 2.93. The lowest BCUT2D eigenvalue weighted by atomic mass is 9.97. The number of hydrogen-bond acceptors (Lipinski definition) is 3. The van der Waals surface area contributed by atoms with Crippen molar-refractivity contribution in [1.29, 1.82) is 0 Å². The van der Waals surface area contributed by atoms with Crippen LogP contribution in [0.2, 0.25) is 0 Å². The maximum Gasteiger partial charge on any atom is 0.211 e. The second-order valence-corrected chi connectivity index (χ2v) is 8.58. The maximum atomic E-state index is 11.6. The van der Waals surface area contributed by atoms with E-state index in [4.69, 9.17) is 0 Å². The van der Waals surface area contributed by atoms with E-state index in [0.717, 1.165) is 12.8 Å². The standard InChI is InChI=1S/C17H26N2O2S/c1-22(20,21)19-12-10-15(11-13-19)18-17-9-5-3-7-14-6-2-4-8-16(14)17/h2,4,6,8,15,17-18H,3,5,7,9-13H2,1H3/t17-/m0/s1. The second-order valence-electron chi connectivity index (χ2n) is 6.60. The number of rotatable bonds is 3. The van der Waals surface area contributed by atoms with Crippen molar-refractivity contribution >= 4 is 10.0 Å². The van der Waals surface area contributed by atoms with Crippen LogP contribution in [0.15, 0.2) is 24.3 Å². The highest BCUT2D eigenvalue weighted by molar-refractivity contribution is 7.88. The Balaban J connectivity index is 1.65. The van der Waals surface area contributed by atoms with Crippen LogP contribution in [0.4, 0.5) is 0 Å². The van der Waals surface area contributed by atoms with Gasteiger partial charge in [-0.3, -0.25) is 0 Å². The molecule has 1 atom stereocenters. The van der Waals surface area contributed by atoms with Gasteiger partial charge in [0, 0.05) is 25.2 Å². The zero-order valence-corrected chi connectivity index (χ0v) is 14.1. The number of aryl methyl sites for hydroxylation is 1. The summed E-state index contributed by atoms with van der Waals surface area (Å²) < 4.78 is 24.8. The number of nitrogens with zero attached hydrogens (tertiary/aromatic N) is 1. The van der Waals surface area contributed by atoms with Crippen LogP contribution in [-0.4, -0.2) is 38.1 Å². The Morgan fingerprint density at radius 1 is 1.09 bits per heavy atom. The molecule has 0 unspecified atom stereocenters. The summed E-state index contributed by atoms with van der Waals surface area (Å²) in [7, 11) is -3.03. The van der Waals surface area contributed by atoms with Gasteiger partial charge in [-0.2, -0.15) is 0 Å². The molecular weight excluding hydrogens is 296 g/mol. The molecule has 1 aliphatic heterocycles. The summed E-state index contributed by atoms with van der Waals surface area (Å²) in [6.07, 6.45) is 8.01. The maximum absolute atomic E-state index is 11.6. The lowest BCUT2D eigenvalue weighted by Crippen LogP contribution is -2.45. The molecule has 1 aromatic carbocycles. The van der Waals surface area contributed by atoms with E-state index in [1.807, 2.05) is 0 Å². The van der Waals surface area contributed by atoms with Gasteiger partial charge in [-0.1, -0.05) is 30.7 Å². The van der Waals surface area contributed by atoms with Gasteiger partial charge < -0.3 is 5.32 Å². The molecule has 2 aliphatic rings. The van der Waals surface area contributed by atoms with E-state index >= 15 is 0 Å². The summed E-state index contributed by atoms with van der Waals surface area (Å²) in [6.45, 7) is 1.29. The second kappa shape index (κ2) is 6.69. The lowest BCUT2D eigenvalue weighted by molar-refractivity contribution is 0.270. The fourth-order valence-corrected chi connectivity index (χ4v) is 4.61. The van der Waals surface area contributed by atoms with E-state index < -0.39 is 10.0 Å². The van der Waals surface area contributed by atoms with Gasteiger partial charge in [0.05, 0.1) is 6.26 Å². The zero-order chi connectivity index (χ0) is 15.6. The third-order valence-corrected chi connectivity index (χ3v) is 6.28. The molecular formula is C17H26N2O2S. The molecule has 1 saturated heterocycles. The fraction of sp³-hybridized carbons (Fsp3) is 0.647. The minimum Gasteiger partial charge on any atom is -0.307 e. The first kappa shape index (κ1) is 16.0. The molecule has 1 aromatic rings. The number of nitrogens with one attached hydrogen (secondary N) is 1. The van der Waals surface area contributed by atoms with E-state index in [2.05, 4.69) is 29.6 Å². The number of hydrogen-bond donors (Lipinski definition) is 1. The van der Waals surface area contributed by atoms with Crippen molar-refractivity contribution in [3.63, 3.8) is 0 Å². The van der Waals surface area contributed by atoms with E-state index in [9.17, 15) is 8.42 Å². The van der Waals surface area contributed by atoms with Crippen LogP contribution in [-0.2, 0) is 16.4 Å². The van der Waals surface area contributed by atoms with E-state index in [1.54, 1.807) is 4.31 Å². The Morgan fingerprint density at radius 3 is 2.55 bits per heavy atom. The molecule has 1 aliphatic carbocycles. The first-order chi connectivity index (χ1) is 10.5. The summed E-state index contributed by atoms with van der Waals surface area (Å²) in [5.74, 6) is 0. The smallest absolute Gasteiger partial charge is 0.211 e. The monoisotopic (exact) mass is 322 g/mol. The third kappa shape index (κ3) is 3.70. The molecule has 1 N–H and O–H groups in total. The molecule has 5 heteroatoms. The number of piperidine rings is 1. The minimum atomic E-state index is -3.03. The molecule has 122 valence electrons. The van der Waals surface area contributed by atoms with Gasteiger partial charge in [-0.05, 0) is 43.2 Å². The molecule has 0 saturated carbocycles. The molecule has 3 rings (SSSR count). The highest BCUT2D eigenvalue weighted by atomic mass is 32.2. The molecule has 4 nitrogen and oxygen atoms in total. The van der Waals surface area contributed by atoms with Gasteiger partial charge in [0.25, 0.3) is 0 Å². The van der Waals surface area contributed by atoms with E-state index in [0.29, 0.717) is 25.2 Å². The highest BCUT2D eigenvalue weighted by Crippen LogP contribution is 2.30. The normalized spacial score (nSPS) is 24.7. The topological polar surface area (TPSA) is 49.4 Å². The quantitative estimate of drug-likeness (QED) is 0.870. The van der Waals surface area contributed by atoms with Crippen molar-refractivity contribution in [3.05, 3.63) is 35.4 Å². The van der Waals surface area contributed by atoms with Crippen molar-refractivity contribution in [3.8, 4) is 0 Å². The molecule has 0 aromatic heterocycles. The Hall–Kier alpha value is -0.910. The predicted molar refractivity (Wildman–Crippen MR) is 89.3 cm³/mol. The van der Waals surface area contributed by atoms with Crippen LogP contribution in [0.1, 0.15) is 49.3 Å². The van der Waals surface area contributed by atoms with Crippen LogP contribution in [0.3, 0.4) is 0 Å². The first-order valence-electron chi connectivity index (χ1n) is 8.33. The summed E-state index contributed by atoms with van der Waals surface area (Å²) in [6, 6.07) is 9.62. The van der Waals surface area contributed by atoms with Crippen molar-refractivity contribution in [2.45, 2.75) is 50.6 Å². The van der Waals surface area contributed by atoms with Gasteiger partial charge in [0.2, 0.25) is 10.0 Å². The van der Waals surface area contributed by atoms with Crippen LogP contribution < -0.4 is 5.32 Å². The predicted octanol–water partition coefficient (Wildman–Crippen LogP) is 2.47. The molecule has 1 fully saturated rings. The van der Waals surface area contributed by atoms with Crippen LogP contribution in [0.25, 0.3) is 0 Å². The van der Waals surface area contributed by atoms with Crippen LogP contribution in [0, 0.1) is 0 Å². The van der Waals surface area contributed by atoms with Crippen molar-refractivity contribution in [2.75, 3.05) is 19.3 Å². The van der Waals surface area contributed by atoms with Crippen LogP contribution in [0.5, 0.6) is 0 Å². The molecule has 0 radical (unpaired) electrons. The summed E-state index contributed by atoms with van der Waals surface area (Å²) >= 11 is 0. The van der Waals surface area contributed by atoms with Crippen LogP contribution >= 0.6 is 0 Å². The Labute approximate surface area is 134 Å². The van der Waals surface area contributed by atoms with Crippen molar-refractivity contribution in [2.24, 2.45) is 0 Å². The third-order valence-electron chi connectivity index (χ3n) is 4.98. The lowest BCUT2D eigenvalue weighted by Gasteiger charge is -2.33. The summed E-state index contributed by atoms with van der Waals surface area (Å²) in [5, 5.41) is 3.80. The fourth-order valence-electron chi connectivity index (χ4n) is 3.73. The Morgan fingerprint density at radius 2 is 1.82 bits per heavy atom. The number of fused-ring (bicyclic) bond motifs is 1. The van der Waals surface area contributed by atoms with Crippen molar-refractivity contribution < 1.29 is 8.42 Å².